The molecule has 1 aromatic carbocycles. The Bertz CT molecular complexity index is 901. The van der Waals surface area contributed by atoms with Crippen LogP contribution in [0.25, 0.3) is 0 Å². The summed E-state index contributed by atoms with van der Waals surface area (Å²) in [4.78, 5) is 1.98. The first-order valence-corrected chi connectivity index (χ1v) is 8.80. The van der Waals surface area contributed by atoms with E-state index in [9.17, 15) is 17.6 Å². The SMILES string of the molecule is Cc1nn(CC(F)(F)F)c(C)c1[C@@H]1COCCN1Cc1ccc(C#N)cc1F. The van der Waals surface area contributed by atoms with Crippen molar-refractivity contribution < 1.29 is 22.3 Å². The molecule has 0 spiro atoms. The van der Waals surface area contributed by atoms with E-state index in [0.29, 0.717) is 35.7 Å². The molecule has 9 heteroatoms. The quantitative estimate of drug-likeness (QED) is 0.741. The molecule has 1 aromatic heterocycles. The van der Waals surface area contributed by atoms with Gasteiger partial charge < -0.3 is 4.74 Å². The highest BCUT2D eigenvalue weighted by Gasteiger charge is 2.34. The van der Waals surface area contributed by atoms with E-state index in [0.717, 1.165) is 4.68 Å². The fourth-order valence-corrected chi connectivity index (χ4v) is 3.57. The van der Waals surface area contributed by atoms with Gasteiger partial charge in [-0.15, -0.1) is 0 Å². The van der Waals surface area contributed by atoms with Gasteiger partial charge in [-0.2, -0.15) is 23.5 Å². The molecule has 0 saturated carbocycles. The summed E-state index contributed by atoms with van der Waals surface area (Å²) < 4.78 is 59.3. The van der Waals surface area contributed by atoms with Crippen molar-refractivity contribution in [3.05, 3.63) is 52.1 Å². The normalized spacial score (nSPS) is 18.2. The number of aryl methyl sites for hydroxylation is 1. The summed E-state index contributed by atoms with van der Waals surface area (Å²) in [5.41, 5.74) is 2.26. The molecule has 5 nitrogen and oxygen atoms in total. The Kier molecular flexibility index (Phi) is 5.72. The third-order valence-electron chi connectivity index (χ3n) is 4.89. The van der Waals surface area contributed by atoms with Crippen molar-refractivity contribution in [1.82, 2.24) is 14.7 Å². The number of nitrogens with zero attached hydrogens (tertiary/aromatic N) is 4. The standard InChI is InChI=1S/C19H20F4N4O/c1-12-18(13(2)27(25-12)11-19(21,22)23)17-10-28-6-5-26(17)9-15-4-3-14(8-24)7-16(15)20/h3-4,7,17H,5-6,9-11H2,1-2H3/t17-/m0/s1. The fourth-order valence-electron chi connectivity index (χ4n) is 3.57. The van der Waals surface area contributed by atoms with Crippen molar-refractivity contribution >= 4 is 0 Å². The highest BCUT2D eigenvalue weighted by molar-refractivity contribution is 5.33. The van der Waals surface area contributed by atoms with E-state index in [4.69, 9.17) is 10.00 Å². The van der Waals surface area contributed by atoms with Crippen LogP contribution in [0.3, 0.4) is 0 Å². The molecule has 1 aliphatic heterocycles. The first kappa shape index (κ1) is 20.3. The summed E-state index contributed by atoms with van der Waals surface area (Å²) in [6.45, 7) is 3.63. The van der Waals surface area contributed by atoms with Gasteiger partial charge in [-0.1, -0.05) is 6.07 Å². The van der Waals surface area contributed by atoms with Crippen LogP contribution >= 0.6 is 0 Å². The van der Waals surface area contributed by atoms with Crippen LogP contribution in [-0.2, 0) is 17.8 Å². The second-order valence-electron chi connectivity index (χ2n) is 6.84. The number of hydrogen-bond donors (Lipinski definition) is 0. The number of rotatable bonds is 4. The smallest absolute Gasteiger partial charge is 0.378 e. The Hall–Kier alpha value is -2.44. The van der Waals surface area contributed by atoms with Gasteiger partial charge in [-0.25, -0.2) is 4.39 Å². The van der Waals surface area contributed by atoms with Crippen molar-refractivity contribution in [2.45, 2.75) is 39.2 Å². The zero-order valence-electron chi connectivity index (χ0n) is 15.6. The van der Waals surface area contributed by atoms with Crippen molar-refractivity contribution in [2.75, 3.05) is 19.8 Å². The summed E-state index contributed by atoms with van der Waals surface area (Å²) in [6, 6.07) is 5.86. The first-order chi connectivity index (χ1) is 13.2. The highest BCUT2D eigenvalue weighted by Crippen LogP contribution is 2.32. The Morgan fingerprint density at radius 1 is 1.32 bits per heavy atom. The number of ether oxygens (including phenoxy) is 1. The van der Waals surface area contributed by atoms with E-state index in [1.807, 2.05) is 11.0 Å². The lowest BCUT2D eigenvalue weighted by atomic mass is 10.0. The molecular formula is C19H20F4N4O. The molecule has 0 N–H and O–H groups in total. The lowest BCUT2D eigenvalue weighted by molar-refractivity contribution is -0.143. The van der Waals surface area contributed by atoms with Crippen molar-refractivity contribution in [3.63, 3.8) is 0 Å². The average molecular weight is 396 g/mol. The molecule has 0 bridgehead atoms. The Morgan fingerprint density at radius 3 is 2.71 bits per heavy atom. The molecule has 0 unspecified atom stereocenters. The van der Waals surface area contributed by atoms with E-state index in [2.05, 4.69) is 5.10 Å². The molecule has 2 aromatic rings. The number of halogens is 4. The highest BCUT2D eigenvalue weighted by atomic mass is 19.4. The number of benzene rings is 1. The number of nitriles is 1. The summed E-state index contributed by atoms with van der Waals surface area (Å²) in [5, 5.41) is 12.9. The van der Waals surface area contributed by atoms with Crippen LogP contribution in [0.5, 0.6) is 0 Å². The molecule has 1 saturated heterocycles. The predicted molar refractivity (Wildman–Crippen MR) is 92.8 cm³/mol. The molecule has 1 fully saturated rings. The van der Waals surface area contributed by atoms with E-state index < -0.39 is 18.5 Å². The minimum absolute atomic E-state index is 0.236. The molecule has 1 atom stereocenters. The molecule has 150 valence electrons. The maximum atomic E-state index is 14.3. The molecule has 0 radical (unpaired) electrons. The van der Waals surface area contributed by atoms with Crippen LogP contribution < -0.4 is 0 Å². The number of aromatic nitrogens is 2. The van der Waals surface area contributed by atoms with Gasteiger partial charge in [0, 0.05) is 29.9 Å². The fraction of sp³-hybridized carbons (Fsp3) is 0.474. The van der Waals surface area contributed by atoms with Crippen LogP contribution in [-0.4, -0.2) is 40.6 Å². The van der Waals surface area contributed by atoms with Crippen molar-refractivity contribution in [2.24, 2.45) is 0 Å². The maximum absolute atomic E-state index is 14.3. The molecule has 0 aliphatic carbocycles. The minimum Gasteiger partial charge on any atom is -0.378 e. The third-order valence-corrected chi connectivity index (χ3v) is 4.89. The Balaban J connectivity index is 1.89. The topological polar surface area (TPSA) is 54.1 Å². The lowest BCUT2D eigenvalue weighted by Gasteiger charge is -2.36. The van der Waals surface area contributed by atoms with E-state index in [1.54, 1.807) is 26.0 Å². The Labute approximate surface area is 160 Å². The van der Waals surface area contributed by atoms with E-state index >= 15 is 0 Å². The predicted octanol–water partition coefficient (Wildman–Crippen LogP) is 3.65. The van der Waals surface area contributed by atoms with Gasteiger partial charge in [0.2, 0.25) is 0 Å². The molecular weight excluding hydrogens is 376 g/mol. The number of alkyl halides is 3. The number of morpholine rings is 1. The summed E-state index contributed by atoms with van der Waals surface area (Å²) in [5.74, 6) is -0.481. The van der Waals surface area contributed by atoms with Crippen molar-refractivity contribution in [3.8, 4) is 6.07 Å². The monoisotopic (exact) mass is 396 g/mol. The van der Waals surface area contributed by atoms with Crippen molar-refractivity contribution in [1.29, 1.82) is 5.26 Å². The molecule has 28 heavy (non-hydrogen) atoms. The van der Waals surface area contributed by atoms with Gasteiger partial charge >= 0.3 is 6.18 Å². The molecule has 0 amide bonds. The average Bonchev–Trinajstić information content (AvgIpc) is 2.89. The van der Waals surface area contributed by atoms with Crippen LogP contribution in [0.2, 0.25) is 0 Å². The van der Waals surface area contributed by atoms with Crippen LogP contribution in [0.15, 0.2) is 18.2 Å². The summed E-state index contributed by atoms with van der Waals surface area (Å²) in [7, 11) is 0. The Morgan fingerprint density at radius 2 is 2.07 bits per heavy atom. The third kappa shape index (κ3) is 4.34. The first-order valence-electron chi connectivity index (χ1n) is 8.80. The molecule has 3 rings (SSSR count). The van der Waals surface area contributed by atoms with E-state index in [1.165, 1.54) is 6.07 Å². The van der Waals surface area contributed by atoms with Gasteiger partial charge in [0.25, 0.3) is 0 Å². The molecule has 1 aliphatic rings. The zero-order valence-corrected chi connectivity index (χ0v) is 15.6. The van der Waals surface area contributed by atoms with Gasteiger partial charge in [-0.05, 0) is 26.0 Å². The van der Waals surface area contributed by atoms with Gasteiger partial charge in [0.05, 0.1) is 36.6 Å². The maximum Gasteiger partial charge on any atom is 0.408 e. The largest absolute Gasteiger partial charge is 0.408 e. The zero-order chi connectivity index (χ0) is 20.5. The van der Waals surface area contributed by atoms with E-state index in [-0.39, 0.29) is 24.8 Å². The molecule has 2 heterocycles. The summed E-state index contributed by atoms with van der Waals surface area (Å²) in [6.07, 6.45) is -4.37. The second-order valence-corrected chi connectivity index (χ2v) is 6.84. The number of hydrogen-bond acceptors (Lipinski definition) is 4. The second kappa shape index (κ2) is 7.89. The van der Waals surface area contributed by atoms with Gasteiger partial charge in [-0.3, -0.25) is 9.58 Å². The van der Waals surface area contributed by atoms with Crippen LogP contribution in [0.4, 0.5) is 17.6 Å². The van der Waals surface area contributed by atoms with Gasteiger partial charge in [0.15, 0.2) is 0 Å². The van der Waals surface area contributed by atoms with Crippen LogP contribution in [0.1, 0.15) is 34.1 Å². The van der Waals surface area contributed by atoms with Gasteiger partial charge in [0.1, 0.15) is 12.4 Å². The summed E-state index contributed by atoms with van der Waals surface area (Å²) >= 11 is 0. The van der Waals surface area contributed by atoms with Crippen LogP contribution in [0, 0.1) is 31.0 Å². The lowest BCUT2D eigenvalue weighted by Crippen LogP contribution is -2.39. The minimum atomic E-state index is -4.37.